The lowest BCUT2D eigenvalue weighted by atomic mass is 9.76. The Morgan fingerprint density at radius 1 is 0.761 bits per heavy atom. The molecule has 0 amide bonds. The lowest BCUT2D eigenvalue weighted by Crippen LogP contribution is -2.66. The molecule has 46 heavy (non-hydrogen) atoms. The van der Waals surface area contributed by atoms with Crippen LogP contribution in [0, 0.1) is 8.99 Å². The van der Waals surface area contributed by atoms with E-state index in [4.69, 9.17) is 9.16 Å². The summed E-state index contributed by atoms with van der Waals surface area (Å²) >= 11 is 2.26. The van der Waals surface area contributed by atoms with Gasteiger partial charge in [-0.2, -0.15) is 0 Å². The minimum atomic E-state index is -3.43. The van der Waals surface area contributed by atoms with Gasteiger partial charge in [0.1, 0.15) is 5.60 Å². The second-order valence-electron chi connectivity index (χ2n) is 15.5. The van der Waals surface area contributed by atoms with Crippen LogP contribution < -0.4 is 10.4 Å². The van der Waals surface area contributed by atoms with Gasteiger partial charge in [-0.05, 0) is 102 Å². The second kappa shape index (κ2) is 15.0. The van der Waals surface area contributed by atoms with Gasteiger partial charge >= 0.3 is 5.97 Å². The molecular formula is C38H53IO5SSi. The zero-order valence-electron chi connectivity index (χ0n) is 29.2. The number of ether oxygens (including phenoxy) is 1. The summed E-state index contributed by atoms with van der Waals surface area (Å²) in [5.74, 6) is -0.247. The summed E-state index contributed by atoms with van der Waals surface area (Å²) in [6.07, 6.45) is 1.90. The molecule has 0 N–H and O–H groups in total. The highest BCUT2D eigenvalue weighted by Gasteiger charge is 2.50. The number of sulfone groups is 1. The Balaban J connectivity index is 1.74. The average molecular weight is 777 g/mol. The van der Waals surface area contributed by atoms with Gasteiger partial charge < -0.3 is 9.16 Å². The van der Waals surface area contributed by atoms with Crippen molar-refractivity contribution in [3.05, 3.63) is 94.1 Å². The van der Waals surface area contributed by atoms with Crippen LogP contribution >= 0.6 is 22.6 Å². The first-order chi connectivity index (χ1) is 21.2. The molecule has 252 valence electrons. The Morgan fingerprint density at radius 2 is 1.30 bits per heavy atom. The van der Waals surface area contributed by atoms with Gasteiger partial charge in [0.2, 0.25) is 0 Å². The van der Waals surface area contributed by atoms with Crippen LogP contribution in [0.15, 0.2) is 84.9 Å². The number of hydrogen-bond donors (Lipinski definition) is 0. The van der Waals surface area contributed by atoms with Crippen LogP contribution in [0.25, 0.3) is 0 Å². The van der Waals surface area contributed by atoms with E-state index in [1.807, 2.05) is 102 Å². The molecule has 0 aliphatic heterocycles. The van der Waals surface area contributed by atoms with E-state index in [2.05, 4.69) is 67.6 Å². The zero-order valence-corrected chi connectivity index (χ0v) is 33.1. The third-order valence-corrected chi connectivity index (χ3v) is 16.3. The second-order valence-corrected chi connectivity index (χ2v) is 23.2. The highest BCUT2D eigenvalue weighted by atomic mass is 127. The molecular weight excluding hydrogens is 723 g/mol. The first-order valence-corrected chi connectivity index (χ1v) is 21.0. The van der Waals surface area contributed by atoms with Crippen LogP contribution in [0.4, 0.5) is 0 Å². The first-order valence-electron chi connectivity index (χ1n) is 16.2. The molecule has 3 aromatic carbocycles. The monoisotopic (exact) mass is 776 g/mol. The van der Waals surface area contributed by atoms with Crippen molar-refractivity contribution in [3.8, 4) is 0 Å². The van der Waals surface area contributed by atoms with Gasteiger partial charge in [-0.25, -0.2) is 8.42 Å². The predicted molar refractivity (Wildman–Crippen MR) is 202 cm³/mol. The standard InChI is InChI=1S/C38H53IO5SSi/c1-35(2,3)44-34(40)38(9,30-18-16-19-31(39)28-30)25-17-24-37(7,8)29-45(41,42)27-26-43-46(36(4,5)6,32-20-12-10-13-21-32)33-22-14-11-15-23-33/h10-16,18-23,28H,17,24-27,29H2,1-9H3. The summed E-state index contributed by atoms with van der Waals surface area (Å²) in [6, 6.07) is 28.6. The number of carbonyl (C=O) groups is 1. The van der Waals surface area contributed by atoms with Crippen LogP contribution in [0.1, 0.15) is 87.1 Å². The Morgan fingerprint density at radius 3 is 1.78 bits per heavy atom. The molecule has 1 unspecified atom stereocenters. The SMILES string of the molecule is CC(C)(CCCC(C)(C(=O)OC(C)(C)C)c1cccc(I)c1)CS(=O)(=O)CCO[Si](c1ccccc1)(c1ccccc1)C(C)(C)C. The molecule has 8 heteroatoms. The highest BCUT2D eigenvalue weighted by molar-refractivity contribution is 14.1. The van der Waals surface area contributed by atoms with Crippen LogP contribution in [0.2, 0.25) is 5.04 Å². The van der Waals surface area contributed by atoms with Gasteiger partial charge in [-0.3, -0.25) is 4.79 Å². The Hall–Kier alpha value is -2.01. The van der Waals surface area contributed by atoms with E-state index in [9.17, 15) is 13.2 Å². The molecule has 0 bridgehead atoms. The van der Waals surface area contributed by atoms with Crippen molar-refractivity contribution >= 4 is 57.1 Å². The lowest BCUT2D eigenvalue weighted by Gasteiger charge is -2.43. The van der Waals surface area contributed by atoms with E-state index in [-0.39, 0.29) is 29.1 Å². The molecule has 3 rings (SSSR count). The average Bonchev–Trinajstić information content (AvgIpc) is 2.94. The molecule has 0 aromatic heterocycles. The van der Waals surface area contributed by atoms with Gasteiger partial charge in [-0.1, -0.05) is 114 Å². The van der Waals surface area contributed by atoms with Gasteiger partial charge in [0.25, 0.3) is 8.32 Å². The number of hydrogen-bond acceptors (Lipinski definition) is 5. The lowest BCUT2D eigenvalue weighted by molar-refractivity contribution is -0.162. The van der Waals surface area contributed by atoms with Crippen LogP contribution in [0.3, 0.4) is 0 Å². The topological polar surface area (TPSA) is 69.7 Å². The molecule has 1 atom stereocenters. The maximum atomic E-state index is 13.6. The van der Waals surface area contributed by atoms with Gasteiger partial charge in [-0.15, -0.1) is 0 Å². The summed E-state index contributed by atoms with van der Waals surface area (Å²) in [4.78, 5) is 13.5. The van der Waals surface area contributed by atoms with Gasteiger partial charge in [0.15, 0.2) is 9.84 Å². The highest BCUT2D eigenvalue weighted by Crippen LogP contribution is 2.38. The number of carbonyl (C=O) groups excluding carboxylic acids is 1. The molecule has 0 radical (unpaired) electrons. The minimum Gasteiger partial charge on any atom is -0.459 e. The third kappa shape index (κ3) is 10.00. The van der Waals surface area contributed by atoms with Crippen LogP contribution in [0.5, 0.6) is 0 Å². The van der Waals surface area contributed by atoms with Crippen molar-refractivity contribution in [2.45, 2.75) is 97.6 Å². The van der Waals surface area contributed by atoms with Crippen molar-refractivity contribution < 1.29 is 22.4 Å². The first kappa shape index (κ1) is 38.4. The quantitative estimate of drug-likeness (QED) is 0.0942. The smallest absolute Gasteiger partial charge is 0.316 e. The molecule has 0 fully saturated rings. The van der Waals surface area contributed by atoms with Crippen molar-refractivity contribution in [2.24, 2.45) is 5.41 Å². The fraction of sp³-hybridized carbons (Fsp3) is 0.500. The zero-order chi connectivity index (χ0) is 34.4. The number of esters is 1. The van der Waals surface area contributed by atoms with Crippen LogP contribution in [-0.4, -0.2) is 46.4 Å². The normalized spacial score (nSPS) is 14.5. The summed E-state index contributed by atoms with van der Waals surface area (Å²) in [5, 5.41) is 2.04. The van der Waals surface area contributed by atoms with E-state index in [1.165, 1.54) is 0 Å². The summed E-state index contributed by atoms with van der Waals surface area (Å²) in [6.45, 7) is 18.3. The number of benzene rings is 3. The molecule has 0 saturated carbocycles. The fourth-order valence-electron chi connectivity index (χ4n) is 6.33. The Bertz CT molecular complexity index is 1500. The summed E-state index contributed by atoms with van der Waals surface area (Å²) in [5.41, 5.74) is -1.01. The largest absolute Gasteiger partial charge is 0.459 e. The third-order valence-electron chi connectivity index (χ3n) is 8.58. The number of halogens is 1. The molecule has 3 aromatic rings. The molecule has 5 nitrogen and oxygen atoms in total. The molecule has 0 aliphatic rings. The van der Waals surface area contributed by atoms with Crippen molar-refractivity contribution in [2.75, 3.05) is 18.1 Å². The predicted octanol–water partition coefficient (Wildman–Crippen LogP) is 8.08. The van der Waals surface area contributed by atoms with E-state index >= 15 is 0 Å². The minimum absolute atomic E-state index is 0.0427. The van der Waals surface area contributed by atoms with E-state index in [1.54, 1.807) is 0 Å². The van der Waals surface area contributed by atoms with Crippen molar-refractivity contribution in [1.82, 2.24) is 0 Å². The van der Waals surface area contributed by atoms with Gasteiger partial charge in [0.05, 0.1) is 16.9 Å². The maximum absolute atomic E-state index is 13.6. The maximum Gasteiger partial charge on any atom is 0.316 e. The Kier molecular flexibility index (Phi) is 12.6. The van der Waals surface area contributed by atoms with Crippen molar-refractivity contribution in [1.29, 1.82) is 0 Å². The molecule has 0 aliphatic carbocycles. The van der Waals surface area contributed by atoms with E-state index in [0.717, 1.165) is 19.5 Å². The van der Waals surface area contributed by atoms with Crippen molar-refractivity contribution in [3.63, 3.8) is 0 Å². The summed E-state index contributed by atoms with van der Waals surface area (Å²) < 4.78 is 41.0. The molecule has 0 heterocycles. The number of rotatable bonds is 14. The van der Waals surface area contributed by atoms with Gasteiger partial charge in [0, 0.05) is 10.2 Å². The molecule has 0 saturated heterocycles. The van der Waals surface area contributed by atoms with E-state index < -0.39 is 34.6 Å². The molecule has 0 spiro atoms. The van der Waals surface area contributed by atoms with Crippen LogP contribution in [-0.2, 0) is 29.2 Å². The van der Waals surface area contributed by atoms with E-state index in [0.29, 0.717) is 19.3 Å². The fourth-order valence-corrected chi connectivity index (χ4v) is 13.4. The summed E-state index contributed by atoms with van der Waals surface area (Å²) in [7, 11) is -6.25. The Labute approximate surface area is 293 Å².